The first-order valence-electron chi connectivity index (χ1n) is 14.5. The van der Waals surface area contributed by atoms with Crippen molar-refractivity contribution in [1.82, 2.24) is 14.9 Å². The Morgan fingerprint density at radius 2 is 1.76 bits per heavy atom. The summed E-state index contributed by atoms with van der Waals surface area (Å²) in [5, 5.41) is 16.8. The van der Waals surface area contributed by atoms with Crippen LogP contribution in [0.1, 0.15) is 55.3 Å². The Hall–Kier alpha value is -2.44. The summed E-state index contributed by atoms with van der Waals surface area (Å²) in [6, 6.07) is 4.21. The van der Waals surface area contributed by atoms with Crippen LogP contribution in [0.4, 0.5) is 16.0 Å². The molecule has 1 atom stereocenters. The highest BCUT2D eigenvalue weighted by atomic mass is 35.5. The number of piperazine rings is 1. The van der Waals surface area contributed by atoms with E-state index < -0.39 is 11.9 Å². The van der Waals surface area contributed by atoms with Gasteiger partial charge in [-0.05, 0) is 37.8 Å². The third kappa shape index (κ3) is 6.55. The molecule has 0 radical (unpaired) electrons. The van der Waals surface area contributed by atoms with Gasteiger partial charge in [0.1, 0.15) is 16.5 Å². The van der Waals surface area contributed by atoms with Gasteiger partial charge in [0.25, 0.3) is 5.91 Å². The largest absolute Gasteiger partial charge is 0.481 e. The van der Waals surface area contributed by atoms with E-state index in [9.17, 15) is 14.7 Å². The fraction of sp³-hybridized carbons (Fsp3) is 0.517. The number of halogens is 2. The molecule has 3 fully saturated rings. The third-order valence-corrected chi connectivity index (χ3v) is 11.1. The molecule has 0 bridgehead atoms. The second-order valence-electron chi connectivity index (χ2n) is 11.2. The van der Waals surface area contributed by atoms with Crippen molar-refractivity contribution in [2.75, 3.05) is 54.4 Å². The van der Waals surface area contributed by atoms with E-state index in [1.807, 2.05) is 16.3 Å². The molecule has 1 aliphatic carbocycles. The number of nitrogens with zero attached hydrogens (tertiary/aromatic N) is 5. The van der Waals surface area contributed by atoms with Crippen molar-refractivity contribution in [1.29, 1.82) is 0 Å². The first-order valence-corrected chi connectivity index (χ1v) is 17.0. The van der Waals surface area contributed by atoms with Gasteiger partial charge < -0.3 is 14.9 Å². The fourth-order valence-corrected chi connectivity index (χ4v) is 8.68. The van der Waals surface area contributed by atoms with E-state index in [-0.39, 0.29) is 5.91 Å². The van der Waals surface area contributed by atoms with Gasteiger partial charge >= 0.3 is 5.97 Å². The number of thiophene rings is 1. The zero-order chi connectivity index (χ0) is 29.2. The van der Waals surface area contributed by atoms with Crippen molar-refractivity contribution < 1.29 is 14.7 Å². The summed E-state index contributed by atoms with van der Waals surface area (Å²) >= 11 is 15.8. The van der Waals surface area contributed by atoms with Crippen LogP contribution in [0.15, 0.2) is 23.7 Å². The van der Waals surface area contributed by atoms with E-state index in [1.165, 1.54) is 49.6 Å². The molecule has 224 valence electrons. The predicted octanol–water partition coefficient (Wildman–Crippen LogP) is 6.58. The SMILES string of the molecule is O=C(Nc1nc(-c2cc(Cl)cs2)c(N2CCN(C3CCCCC3)CC2)s1)c1cnc(N2CCCC(C(=O)O)C2)c(Cl)c1. The number of aliphatic carboxylic acids is 1. The quantitative estimate of drug-likeness (QED) is 0.296. The molecule has 2 N–H and O–H groups in total. The standard InChI is InChI=1S/C29H34Cl2N6O3S2/c30-20-14-23(41-17-20)24-27(36-11-9-35(10-12-36)21-6-2-1-3-7-21)42-29(33-24)34-26(38)19-13-22(31)25(32-15-19)37-8-4-5-18(16-37)28(39)40/h13-15,17-18,21H,1-12,16H2,(H,39,40)(H,33,34,38). The van der Waals surface area contributed by atoms with E-state index in [4.69, 9.17) is 28.2 Å². The van der Waals surface area contributed by atoms with Crippen LogP contribution in [0, 0.1) is 5.92 Å². The summed E-state index contributed by atoms with van der Waals surface area (Å²) in [6.07, 6.45) is 9.49. The molecule has 2 saturated heterocycles. The molecule has 0 spiro atoms. The van der Waals surface area contributed by atoms with Crippen molar-refractivity contribution >= 4 is 73.7 Å². The number of rotatable bonds is 7. The maximum absolute atomic E-state index is 13.3. The Bertz CT molecular complexity index is 1430. The maximum atomic E-state index is 13.3. The Labute approximate surface area is 263 Å². The Balaban J connectivity index is 1.17. The average Bonchev–Trinajstić information content (AvgIpc) is 3.63. The fourth-order valence-electron chi connectivity index (χ4n) is 6.24. The summed E-state index contributed by atoms with van der Waals surface area (Å²) in [4.78, 5) is 41.9. The second kappa shape index (κ2) is 13.1. The van der Waals surface area contributed by atoms with Crippen LogP contribution < -0.4 is 15.1 Å². The van der Waals surface area contributed by atoms with Crippen LogP contribution in [0.25, 0.3) is 10.6 Å². The lowest BCUT2D eigenvalue weighted by Crippen LogP contribution is -2.50. The first-order chi connectivity index (χ1) is 20.4. The van der Waals surface area contributed by atoms with Crippen molar-refractivity contribution in [3.63, 3.8) is 0 Å². The van der Waals surface area contributed by atoms with E-state index in [2.05, 4.69) is 20.1 Å². The van der Waals surface area contributed by atoms with Gasteiger partial charge in [-0.25, -0.2) is 9.97 Å². The van der Waals surface area contributed by atoms with Crippen molar-refractivity contribution in [2.24, 2.45) is 5.92 Å². The number of carbonyl (C=O) groups excluding carboxylic acids is 1. The van der Waals surface area contributed by atoms with E-state index in [1.54, 1.807) is 17.4 Å². The minimum Gasteiger partial charge on any atom is -0.481 e. The van der Waals surface area contributed by atoms with E-state index in [0.29, 0.717) is 52.1 Å². The topological polar surface area (TPSA) is 102 Å². The Kier molecular flexibility index (Phi) is 9.21. The van der Waals surface area contributed by atoms with Gasteiger partial charge in [-0.3, -0.25) is 19.8 Å². The molecule has 3 aromatic heterocycles. The zero-order valence-electron chi connectivity index (χ0n) is 23.2. The number of piperidine rings is 1. The number of amides is 1. The number of thiazole rings is 1. The molecule has 2 aliphatic heterocycles. The van der Waals surface area contributed by atoms with Crippen LogP contribution >= 0.6 is 45.9 Å². The molecule has 5 heterocycles. The summed E-state index contributed by atoms with van der Waals surface area (Å²) in [7, 11) is 0. The Morgan fingerprint density at radius 3 is 2.45 bits per heavy atom. The van der Waals surface area contributed by atoms with Crippen LogP contribution in [0.5, 0.6) is 0 Å². The molecule has 42 heavy (non-hydrogen) atoms. The molecule has 3 aromatic rings. The number of carboxylic acid groups (broad SMARTS) is 1. The third-order valence-electron chi connectivity index (χ3n) is 8.48. The first kappa shape index (κ1) is 29.6. The van der Waals surface area contributed by atoms with Crippen LogP contribution in [-0.2, 0) is 4.79 Å². The average molecular weight is 650 g/mol. The van der Waals surface area contributed by atoms with Crippen molar-refractivity contribution in [3.05, 3.63) is 39.3 Å². The number of nitrogens with one attached hydrogen (secondary N) is 1. The number of hydrogen-bond donors (Lipinski definition) is 2. The Morgan fingerprint density at radius 1 is 0.976 bits per heavy atom. The van der Waals surface area contributed by atoms with Crippen molar-refractivity contribution in [2.45, 2.75) is 51.0 Å². The number of aromatic nitrogens is 2. The molecule has 9 nitrogen and oxygen atoms in total. The second-order valence-corrected chi connectivity index (χ2v) is 14.0. The minimum atomic E-state index is -0.815. The van der Waals surface area contributed by atoms with Gasteiger partial charge in [0, 0.05) is 56.9 Å². The molecular formula is C29H34Cl2N6O3S2. The molecule has 0 aromatic carbocycles. The van der Waals surface area contributed by atoms with Crippen molar-refractivity contribution in [3.8, 4) is 10.6 Å². The highest BCUT2D eigenvalue weighted by molar-refractivity contribution is 7.21. The van der Waals surface area contributed by atoms with Crippen LogP contribution in [0.3, 0.4) is 0 Å². The summed E-state index contributed by atoms with van der Waals surface area (Å²) in [5.41, 5.74) is 1.15. The van der Waals surface area contributed by atoms with Crippen LogP contribution in [0.2, 0.25) is 10.0 Å². The van der Waals surface area contributed by atoms with Gasteiger partial charge in [-0.1, -0.05) is 53.8 Å². The van der Waals surface area contributed by atoms with E-state index in [0.717, 1.165) is 48.2 Å². The lowest BCUT2D eigenvalue weighted by molar-refractivity contribution is -0.141. The van der Waals surface area contributed by atoms with E-state index >= 15 is 0 Å². The number of anilines is 3. The number of carbonyl (C=O) groups is 2. The summed E-state index contributed by atoms with van der Waals surface area (Å²) < 4.78 is 0. The van der Waals surface area contributed by atoms with Crippen LogP contribution in [-0.4, -0.2) is 77.2 Å². The van der Waals surface area contributed by atoms with Gasteiger partial charge in [0.2, 0.25) is 0 Å². The molecular weight excluding hydrogens is 615 g/mol. The minimum absolute atomic E-state index is 0.314. The number of hydrogen-bond acceptors (Lipinski definition) is 9. The normalized spacial score (nSPS) is 20.6. The molecule has 13 heteroatoms. The van der Waals surface area contributed by atoms with Gasteiger partial charge in [-0.2, -0.15) is 0 Å². The molecule has 1 unspecified atom stereocenters. The van der Waals surface area contributed by atoms with Gasteiger partial charge in [0.05, 0.1) is 26.4 Å². The maximum Gasteiger partial charge on any atom is 0.308 e. The lowest BCUT2D eigenvalue weighted by Gasteiger charge is -2.41. The molecule has 6 rings (SSSR count). The molecule has 3 aliphatic rings. The smallest absolute Gasteiger partial charge is 0.308 e. The highest BCUT2D eigenvalue weighted by Crippen LogP contribution is 2.42. The number of carboxylic acids is 1. The highest BCUT2D eigenvalue weighted by Gasteiger charge is 2.30. The predicted molar refractivity (Wildman–Crippen MR) is 171 cm³/mol. The monoisotopic (exact) mass is 648 g/mol. The summed E-state index contributed by atoms with van der Waals surface area (Å²) in [5.74, 6) is -1.12. The van der Waals surface area contributed by atoms with Gasteiger partial charge in [-0.15, -0.1) is 11.3 Å². The molecule has 1 amide bonds. The van der Waals surface area contributed by atoms with Gasteiger partial charge in [0.15, 0.2) is 5.13 Å². The molecule has 1 saturated carbocycles. The lowest BCUT2D eigenvalue weighted by atomic mass is 9.94. The number of pyridine rings is 1. The summed E-state index contributed by atoms with van der Waals surface area (Å²) in [6.45, 7) is 4.90. The zero-order valence-corrected chi connectivity index (χ0v) is 26.4.